The minimum atomic E-state index is -0.550. The first kappa shape index (κ1) is 19.9. The number of hydrogen-bond donors (Lipinski definition) is 3. The van der Waals surface area contributed by atoms with E-state index in [1.165, 1.54) is 0 Å². The van der Waals surface area contributed by atoms with E-state index in [0.717, 1.165) is 37.1 Å². The quantitative estimate of drug-likeness (QED) is 0.689. The molecule has 1 aliphatic heterocycles. The summed E-state index contributed by atoms with van der Waals surface area (Å²) in [6.45, 7) is 3.46. The van der Waals surface area contributed by atoms with Gasteiger partial charge in [0.1, 0.15) is 0 Å². The van der Waals surface area contributed by atoms with E-state index in [4.69, 9.17) is 5.73 Å². The zero-order valence-corrected chi connectivity index (χ0v) is 16.3. The highest BCUT2D eigenvalue weighted by Crippen LogP contribution is 2.24. The third-order valence-corrected chi connectivity index (χ3v) is 5.15. The van der Waals surface area contributed by atoms with Gasteiger partial charge in [-0.1, -0.05) is 36.4 Å². The van der Waals surface area contributed by atoms with Crippen LogP contribution < -0.4 is 21.3 Å². The third-order valence-electron chi connectivity index (χ3n) is 5.15. The fourth-order valence-corrected chi connectivity index (χ4v) is 3.53. The van der Waals surface area contributed by atoms with Crippen molar-refractivity contribution in [1.82, 2.24) is 5.32 Å². The van der Waals surface area contributed by atoms with Gasteiger partial charge in [0.15, 0.2) is 0 Å². The summed E-state index contributed by atoms with van der Waals surface area (Å²) in [5, 5.41) is 6.35. The average molecular weight is 380 g/mol. The van der Waals surface area contributed by atoms with Crippen molar-refractivity contribution in [2.45, 2.75) is 38.3 Å². The fraction of sp³-hybridized carbons (Fsp3) is 0.364. The molecule has 0 saturated carbocycles. The molecule has 28 heavy (non-hydrogen) atoms. The van der Waals surface area contributed by atoms with Gasteiger partial charge >= 0.3 is 0 Å². The van der Waals surface area contributed by atoms with E-state index >= 15 is 0 Å². The minimum absolute atomic E-state index is 0.0335. The molecule has 0 spiro atoms. The number of primary amides is 1. The molecule has 1 aliphatic rings. The van der Waals surface area contributed by atoms with Crippen LogP contribution in [0.1, 0.15) is 31.7 Å². The van der Waals surface area contributed by atoms with Crippen molar-refractivity contribution < 1.29 is 9.59 Å². The van der Waals surface area contributed by atoms with Gasteiger partial charge in [0.25, 0.3) is 0 Å². The first-order valence-electron chi connectivity index (χ1n) is 9.70. The van der Waals surface area contributed by atoms with Crippen LogP contribution in [0.4, 0.5) is 11.4 Å². The van der Waals surface area contributed by atoms with E-state index in [2.05, 4.69) is 10.6 Å². The van der Waals surface area contributed by atoms with Crippen molar-refractivity contribution in [1.29, 1.82) is 0 Å². The van der Waals surface area contributed by atoms with Crippen molar-refractivity contribution >= 4 is 23.2 Å². The maximum absolute atomic E-state index is 12.8. The molecular formula is C22H28N4O2. The molecule has 3 rings (SSSR count). The van der Waals surface area contributed by atoms with Crippen molar-refractivity contribution in [2.24, 2.45) is 5.73 Å². The molecule has 2 aromatic rings. The molecule has 6 nitrogen and oxygen atoms in total. The molecule has 0 aliphatic carbocycles. The van der Waals surface area contributed by atoms with E-state index in [0.29, 0.717) is 12.2 Å². The topological polar surface area (TPSA) is 87.5 Å². The smallest absolute Gasteiger partial charge is 0.244 e. The summed E-state index contributed by atoms with van der Waals surface area (Å²) in [5.74, 6) is -0.432. The number of rotatable bonds is 7. The number of nitrogens with one attached hydrogen (secondary N) is 2. The Morgan fingerprint density at radius 1 is 1.14 bits per heavy atom. The van der Waals surface area contributed by atoms with Gasteiger partial charge in [-0.2, -0.15) is 0 Å². The highest BCUT2D eigenvalue weighted by Gasteiger charge is 2.34. The van der Waals surface area contributed by atoms with Gasteiger partial charge in [-0.3, -0.25) is 9.59 Å². The molecular weight excluding hydrogens is 352 g/mol. The Morgan fingerprint density at radius 2 is 1.93 bits per heavy atom. The number of anilines is 2. The lowest BCUT2D eigenvalue weighted by atomic mass is 9.90. The lowest BCUT2D eigenvalue weighted by Crippen LogP contribution is -2.54. The number of carbonyl (C=O) groups excluding carboxylic acids is 2. The number of carbonyl (C=O) groups is 2. The summed E-state index contributed by atoms with van der Waals surface area (Å²) in [7, 11) is 0. The second kappa shape index (κ2) is 8.89. The zero-order chi connectivity index (χ0) is 20.0. The van der Waals surface area contributed by atoms with Crippen molar-refractivity contribution in [3.05, 3.63) is 60.2 Å². The van der Waals surface area contributed by atoms with E-state index in [1.807, 2.05) is 66.4 Å². The van der Waals surface area contributed by atoms with Gasteiger partial charge in [-0.25, -0.2) is 0 Å². The van der Waals surface area contributed by atoms with Crippen LogP contribution in [0.3, 0.4) is 0 Å². The highest BCUT2D eigenvalue weighted by atomic mass is 16.2. The Balaban J connectivity index is 1.77. The van der Waals surface area contributed by atoms with Crippen LogP contribution in [0.5, 0.6) is 0 Å². The largest absolute Gasteiger partial charge is 0.368 e. The number of benzene rings is 2. The molecule has 0 radical (unpaired) electrons. The van der Waals surface area contributed by atoms with Crippen LogP contribution in [-0.4, -0.2) is 30.4 Å². The molecule has 0 aromatic heterocycles. The van der Waals surface area contributed by atoms with Crippen LogP contribution in [0.25, 0.3) is 0 Å². The molecule has 2 aromatic carbocycles. The zero-order valence-electron chi connectivity index (χ0n) is 16.3. The number of nitrogens with zero attached hydrogens (tertiary/aromatic N) is 1. The minimum Gasteiger partial charge on any atom is -0.368 e. The number of nitrogens with two attached hydrogens (primary N) is 1. The molecule has 2 amide bonds. The van der Waals surface area contributed by atoms with Crippen LogP contribution in [0.2, 0.25) is 0 Å². The average Bonchev–Trinajstić information content (AvgIpc) is 2.69. The maximum atomic E-state index is 12.8. The summed E-state index contributed by atoms with van der Waals surface area (Å²) in [5.41, 5.74) is 7.53. The van der Waals surface area contributed by atoms with Gasteiger partial charge in [-0.15, -0.1) is 0 Å². The van der Waals surface area contributed by atoms with Gasteiger partial charge in [-0.05, 0) is 56.5 Å². The normalized spacial score (nSPS) is 19.0. The Hall–Kier alpha value is -2.86. The summed E-state index contributed by atoms with van der Waals surface area (Å²) >= 11 is 0. The van der Waals surface area contributed by atoms with Crippen molar-refractivity contribution in [3.63, 3.8) is 0 Å². The predicted molar refractivity (Wildman–Crippen MR) is 112 cm³/mol. The van der Waals surface area contributed by atoms with Crippen LogP contribution in [0, 0.1) is 0 Å². The Bertz CT molecular complexity index is 816. The first-order valence-corrected chi connectivity index (χ1v) is 9.70. The van der Waals surface area contributed by atoms with Crippen LogP contribution in [0.15, 0.2) is 54.6 Å². The maximum Gasteiger partial charge on any atom is 0.244 e. The van der Waals surface area contributed by atoms with Crippen molar-refractivity contribution in [2.75, 3.05) is 23.3 Å². The van der Waals surface area contributed by atoms with Gasteiger partial charge in [0.2, 0.25) is 11.8 Å². The lowest BCUT2D eigenvalue weighted by Gasteiger charge is -2.33. The molecule has 0 bridgehead atoms. The monoisotopic (exact) mass is 380 g/mol. The van der Waals surface area contributed by atoms with Gasteiger partial charge < -0.3 is 21.3 Å². The Morgan fingerprint density at radius 3 is 2.61 bits per heavy atom. The summed E-state index contributed by atoms with van der Waals surface area (Å²) in [4.78, 5) is 26.3. The molecule has 148 valence electrons. The fourth-order valence-electron chi connectivity index (χ4n) is 3.53. The molecule has 1 atom stereocenters. The van der Waals surface area contributed by atoms with E-state index in [1.54, 1.807) is 0 Å². The van der Waals surface area contributed by atoms with Crippen molar-refractivity contribution in [3.8, 4) is 0 Å². The Labute approximate surface area is 166 Å². The summed E-state index contributed by atoms with van der Waals surface area (Å²) < 4.78 is 0. The SMILES string of the molecule is CC1(C(=O)Nc2cccc(N(CC(N)=O)Cc3ccccc3)c2)CCCCN1. The van der Waals surface area contributed by atoms with Gasteiger partial charge in [0.05, 0.1) is 12.1 Å². The molecule has 1 saturated heterocycles. The first-order chi connectivity index (χ1) is 13.5. The summed E-state index contributed by atoms with van der Waals surface area (Å²) in [6.07, 6.45) is 2.96. The second-order valence-electron chi connectivity index (χ2n) is 7.53. The molecule has 4 N–H and O–H groups in total. The van der Waals surface area contributed by atoms with E-state index in [9.17, 15) is 9.59 Å². The molecule has 6 heteroatoms. The number of piperidine rings is 1. The standard InChI is InChI=1S/C22H28N4O2/c1-22(12-5-6-13-24-22)21(28)25-18-10-7-11-19(14-18)26(16-20(23)27)15-17-8-3-2-4-9-17/h2-4,7-11,14,24H,5-6,12-13,15-16H2,1H3,(H2,23,27)(H,25,28). The third kappa shape index (κ3) is 5.10. The number of amides is 2. The molecule has 1 heterocycles. The van der Waals surface area contributed by atoms with Gasteiger partial charge in [0, 0.05) is 17.9 Å². The second-order valence-corrected chi connectivity index (χ2v) is 7.53. The number of hydrogen-bond acceptors (Lipinski definition) is 4. The van der Waals surface area contributed by atoms with E-state index in [-0.39, 0.29) is 12.5 Å². The Kier molecular flexibility index (Phi) is 6.31. The van der Waals surface area contributed by atoms with E-state index < -0.39 is 11.4 Å². The lowest BCUT2D eigenvalue weighted by molar-refractivity contribution is -0.122. The molecule has 1 fully saturated rings. The highest BCUT2D eigenvalue weighted by molar-refractivity contribution is 5.98. The van der Waals surface area contributed by atoms with Crippen LogP contribution >= 0.6 is 0 Å². The predicted octanol–water partition coefficient (Wildman–Crippen LogP) is 2.65. The summed E-state index contributed by atoms with van der Waals surface area (Å²) in [6, 6.07) is 17.4. The van der Waals surface area contributed by atoms with Crippen LogP contribution in [-0.2, 0) is 16.1 Å². The molecule has 1 unspecified atom stereocenters.